The second-order valence-corrected chi connectivity index (χ2v) is 7.48. The van der Waals surface area contributed by atoms with Crippen molar-refractivity contribution in [3.63, 3.8) is 0 Å². The molecule has 0 bridgehead atoms. The van der Waals surface area contributed by atoms with Crippen LogP contribution in [0.25, 0.3) is 11.0 Å². The molecule has 2 aliphatic rings. The van der Waals surface area contributed by atoms with Gasteiger partial charge in [0.05, 0.1) is 17.0 Å². The maximum Gasteiger partial charge on any atom is 0.225 e. The number of aryl methyl sites for hydroxylation is 1. The van der Waals surface area contributed by atoms with E-state index in [9.17, 15) is 9.59 Å². The Balaban J connectivity index is 1.22. The van der Waals surface area contributed by atoms with Crippen LogP contribution >= 0.6 is 0 Å². The minimum atomic E-state index is -0.186. The normalized spacial score (nSPS) is 21.0. The molecule has 2 N–H and O–H groups in total. The molecule has 1 aliphatic carbocycles. The van der Waals surface area contributed by atoms with E-state index in [1.807, 2.05) is 29.2 Å². The molecule has 1 saturated carbocycles. The van der Waals surface area contributed by atoms with Gasteiger partial charge in [-0.05, 0) is 31.4 Å². The monoisotopic (exact) mass is 354 g/mol. The van der Waals surface area contributed by atoms with E-state index in [2.05, 4.69) is 15.3 Å². The van der Waals surface area contributed by atoms with Crippen molar-refractivity contribution in [1.29, 1.82) is 0 Å². The number of para-hydroxylation sites is 2. The lowest BCUT2D eigenvalue weighted by Crippen LogP contribution is -2.37. The number of carbonyl (C=O) groups is 2. The summed E-state index contributed by atoms with van der Waals surface area (Å²) in [6.07, 6.45) is 6.59. The summed E-state index contributed by atoms with van der Waals surface area (Å²) in [5.74, 6) is 0.931. The molecule has 0 radical (unpaired) electrons. The first-order valence-electron chi connectivity index (χ1n) is 9.71. The summed E-state index contributed by atoms with van der Waals surface area (Å²) in [4.78, 5) is 34.4. The van der Waals surface area contributed by atoms with Gasteiger partial charge in [0, 0.05) is 32.0 Å². The number of amides is 2. The fourth-order valence-electron chi connectivity index (χ4n) is 4.21. The number of imidazole rings is 1. The number of aromatic amines is 1. The molecule has 6 heteroatoms. The number of H-pyrrole nitrogens is 1. The van der Waals surface area contributed by atoms with E-state index in [1.54, 1.807) is 0 Å². The summed E-state index contributed by atoms with van der Waals surface area (Å²) in [5.41, 5.74) is 2.02. The van der Waals surface area contributed by atoms with Gasteiger partial charge in [0.15, 0.2) is 0 Å². The highest BCUT2D eigenvalue weighted by atomic mass is 16.2. The Morgan fingerprint density at radius 1 is 1.27 bits per heavy atom. The van der Waals surface area contributed by atoms with E-state index < -0.39 is 0 Å². The predicted octanol–water partition coefficient (Wildman–Crippen LogP) is 2.40. The van der Waals surface area contributed by atoms with Crippen LogP contribution in [0.1, 0.15) is 44.3 Å². The van der Waals surface area contributed by atoms with Gasteiger partial charge in [0.25, 0.3) is 0 Å². The van der Waals surface area contributed by atoms with Gasteiger partial charge in [0.2, 0.25) is 11.8 Å². The molecule has 138 valence electrons. The third-order valence-electron chi connectivity index (χ3n) is 5.62. The zero-order chi connectivity index (χ0) is 17.9. The van der Waals surface area contributed by atoms with Crippen molar-refractivity contribution in [3.05, 3.63) is 30.1 Å². The molecule has 2 heterocycles. The highest BCUT2D eigenvalue weighted by Crippen LogP contribution is 2.29. The number of rotatable bonds is 6. The molecule has 1 aromatic carbocycles. The fourth-order valence-corrected chi connectivity index (χ4v) is 4.21. The quantitative estimate of drug-likeness (QED) is 0.782. The summed E-state index contributed by atoms with van der Waals surface area (Å²) in [6, 6.07) is 8.34. The van der Waals surface area contributed by atoms with Crippen LogP contribution in [0, 0.1) is 5.92 Å². The largest absolute Gasteiger partial charge is 0.356 e. The maximum atomic E-state index is 12.4. The van der Waals surface area contributed by atoms with E-state index >= 15 is 0 Å². The lowest BCUT2D eigenvalue weighted by molar-refractivity contribution is -0.130. The number of hydrogen-bond acceptors (Lipinski definition) is 3. The predicted molar refractivity (Wildman–Crippen MR) is 99.5 cm³/mol. The van der Waals surface area contributed by atoms with E-state index in [-0.39, 0.29) is 17.7 Å². The van der Waals surface area contributed by atoms with Crippen molar-refractivity contribution in [3.8, 4) is 0 Å². The number of fused-ring (bicyclic) bond motifs is 1. The summed E-state index contributed by atoms with van der Waals surface area (Å²) in [7, 11) is 0. The Hall–Kier alpha value is -2.37. The third-order valence-corrected chi connectivity index (χ3v) is 5.62. The second kappa shape index (κ2) is 7.48. The zero-order valence-corrected chi connectivity index (χ0v) is 15.0. The Labute approximate surface area is 153 Å². The standard InChI is InChI=1S/C20H26N4O2/c25-19-12-14(13-24(19)15-6-1-2-7-15)20(26)21-11-5-10-18-22-16-8-3-4-9-17(16)23-18/h3-4,8-9,14-15H,1-2,5-7,10-13H2,(H,21,26)(H,22,23)/t14-/m1/s1. The molecular weight excluding hydrogens is 328 g/mol. The zero-order valence-electron chi connectivity index (χ0n) is 15.0. The number of nitrogens with one attached hydrogen (secondary N) is 2. The summed E-state index contributed by atoms with van der Waals surface area (Å²) in [5, 5.41) is 3.00. The SMILES string of the molecule is O=C(NCCCc1nc2ccccc2[nH]1)[C@@H]1CC(=O)N(C2CCCC2)C1. The Kier molecular flexibility index (Phi) is 4.91. The van der Waals surface area contributed by atoms with Crippen LogP contribution in [0.3, 0.4) is 0 Å². The first-order valence-corrected chi connectivity index (χ1v) is 9.71. The molecule has 2 amide bonds. The van der Waals surface area contributed by atoms with Crippen molar-refractivity contribution in [1.82, 2.24) is 20.2 Å². The Bertz CT molecular complexity index is 761. The minimum absolute atomic E-state index is 0.0171. The van der Waals surface area contributed by atoms with Crippen molar-refractivity contribution >= 4 is 22.8 Å². The van der Waals surface area contributed by atoms with Gasteiger partial charge in [0.1, 0.15) is 5.82 Å². The van der Waals surface area contributed by atoms with Gasteiger partial charge in [-0.15, -0.1) is 0 Å². The number of likely N-dealkylation sites (tertiary alicyclic amines) is 1. The van der Waals surface area contributed by atoms with E-state index in [1.165, 1.54) is 12.8 Å². The molecule has 1 atom stereocenters. The van der Waals surface area contributed by atoms with Gasteiger partial charge in [-0.1, -0.05) is 25.0 Å². The average Bonchev–Trinajstić information content (AvgIpc) is 3.37. The van der Waals surface area contributed by atoms with Crippen molar-refractivity contribution in [2.24, 2.45) is 5.92 Å². The van der Waals surface area contributed by atoms with Crippen LogP contribution in [0.4, 0.5) is 0 Å². The van der Waals surface area contributed by atoms with Crippen LogP contribution in [0.2, 0.25) is 0 Å². The molecule has 1 aromatic heterocycles. The van der Waals surface area contributed by atoms with E-state index in [0.717, 1.165) is 42.5 Å². The number of nitrogens with zero attached hydrogens (tertiary/aromatic N) is 2. The molecule has 2 fully saturated rings. The van der Waals surface area contributed by atoms with Gasteiger partial charge in [-0.3, -0.25) is 9.59 Å². The second-order valence-electron chi connectivity index (χ2n) is 7.48. The summed E-state index contributed by atoms with van der Waals surface area (Å²) < 4.78 is 0. The van der Waals surface area contributed by atoms with E-state index in [4.69, 9.17) is 0 Å². The van der Waals surface area contributed by atoms with Crippen LogP contribution < -0.4 is 5.32 Å². The number of carbonyl (C=O) groups excluding carboxylic acids is 2. The molecule has 1 aliphatic heterocycles. The smallest absolute Gasteiger partial charge is 0.225 e. The fraction of sp³-hybridized carbons (Fsp3) is 0.550. The first kappa shape index (κ1) is 17.1. The Morgan fingerprint density at radius 3 is 2.88 bits per heavy atom. The molecule has 6 nitrogen and oxygen atoms in total. The number of aromatic nitrogens is 2. The molecule has 1 saturated heterocycles. The molecule has 26 heavy (non-hydrogen) atoms. The molecule has 0 unspecified atom stereocenters. The highest BCUT2D eigenvalue weighted by Gasteiger charge is 2.38. The van der Waals surface area contributed by atoms with Crippen molar-refractivity contribution in [2.45, 2.75) is 51.0 Å². The average molecular weight is 354 g/mol. The lowest BCUT2D eigenvalue weighted by Gasteiger charge is -2.23. The van der Waals surface area contributed by atoms with Gasteiger partial charge < -0.3 is 15.2 Å². The summed E-state index contributed by atoms with van der Waals surface area (Å²) >= 11 is 0. The molecule has 0 spiro atoms. The van der Waals surface area contributed by atoms with Crippen molar-refractivity contribution in [2.75, 3.05) is 13.1 Å². The topological polar surface area (TPSA) is 78.1 Å². The van der Waals surface area contributed by atoms with Crippen LogP contribution in [-0.4, -0.2) is 45.8 Å². The van der Waals surface area contributed by atoms with Gasteiger partial charge in [-0.2, -0.15) is 0 Å². The van der Waals surface area contributed by atoms with Gasteiger partial charge in [-0.25, -0.2) is 4.98 Å². The lowest BCUT2D eigenvalue weighted by atomic mass is 10.1. The number of benzene rings is 1. The third kappa shape index (κ3) is 3.59. The maximum absolute atomic E-state index is 12.4. The Morgan fingerprint density at radius 2 is 2.08 bits per heavy atom. The first-order chi connectivity index (χ1) is 12.7. The van der Waals surface area contributed by atoms with Crippen LogP contribution in [0.15, 0.2) is 24.3 Å². The number of hydrogen-bond donors (Lipinski definition) is 2. The van der Waals surface area contributed by atoms with Crippen molar-refractivity contribution < 1.29 is 9.59 Å². The summed E-state index contributed by atoms with van der Waals surface area (Å²) in [6.45, 7) is 1.21. The molecular formula is C20H26N4O2. The minimum Gasteiger partial charge on any atom is -0.356 e. The van der Waals surface area contributed by atoms with Crippen LogP contribution in [-0.2, 0) is 16.0 Å². The van der Waals surface area contributed by atoms with E-state index in [0.29, 0.717) is 25.6 Å². The van der Waals surface area contributed by atoms with Gasteiger partial charge >= 0.3 is 0 Å². The molecule has 4 rings (SSSR count). The highest BCUT2D eigenvalue weighted by molar-refractivity contribution is 5.89. The van der Waals surface area contributed by atoms with Crippen LogP contribution in [0.5, 0.6) is 0 Å². The molecule has 2 aromatic rings.